The van der Waals surface area contributed by atoms with E-state index >= 15 is 0 Å². The predicted octanol–water partition coefficient (Wildman–Crippen LogP) is 13.7. The fourth-order valence-corrected chi connectivity index (χ4v) is 6.91. The van der Waals surface area contributed by atoms with Gasteiger partial charge in [-0.2, -0.15) is 0 Å². The van der Waals surface area contributed by atoms with Crippen molar-refractivity contribution in [2.24, 2.45) is 0 Å². The van der Waals surface area contributed by atoms with E-state index in [9.17, 15) is 19.8 Å². The number of aliphatic hydroxyl groups excluding tert-OH is 2. The Morgan fingerprint density at radius 1 is 0.491 bits per heavy atom. The maximum atomic E-state index is 12.4. The third-order valence-corrected chi connectivity index (χ3v) is 10.6. The molecule has 0 saturated carbocycles. The highest BCUT2D eigenvalue weighted by Gasteiger charge is 2.17. The highest BCUT2D eigenvalue weighted by atomic mass is 16.5. The maximum absolute atomic E-state index is 12.4. The number of hydrogen-bond acceptors (Lipinski definition) is 5. The number of carbonyl (C=O) groups is 2. The zero-order chi connectivity index (χ0) is 40.1. The molecular weight excluding hydrogens is 683 g/mol. The van der Waals surface area contributed by atoms with Crippen molar-refractivity contribution in [3.05, 3.63) is 36.5 Å². The molecule has 0 radical (unpaired) electrons. The van der Waals surface area contributed by atoms with Gasteiger partial charge in [-0.1, -0.05) is 192 Å². The lowest BCUT2D eigenvalue weighted by atomic mass is 10.0. The fourth-order valence-electron chi connectivity index (χ4n) is 6.91. The van der Waals surface area contributed by atoms with E-state index in [1.54, 1.807) is 6.08 Å². The van der Waals surface area contributed by atoms with Crippen LogP contribution in [-0.4, -0.2) is 47.4 Å². The molecule has 6 nitrogen and oxygen atoms in total. The molecule has 322 valence electrons. The second kappa shape index (κ2) is 44.8. The fraction of sp³-hybridized carbons (Fsp3) is 0.837. The van der Waals surface area contributed by atoms with Crippen molar-refractivity contribution in [2.75, 3.05) is 13.2 Å². The van der Waals surface area contributed by atoms with Crippen LogP contribution in [0.5, 0.6) is 0 Å². The summed E-state index contributed by atoms with van der Waals surface area (Å²) in [4.78, 5) is 24.3. The van der Waals surface area contributed by atoms with Crippen LogP contribution >= 0.6 is 0 Å². The van der Waals surface area contributed by atoms with Gasteiger partial charge < -0.3 is 20.3 Å². The van der Waals surface area contributed by atoms with Crippen molar-refractivity contribution in [1.82, 2.24) is 5.32 Å². The Hall–Kier alpha value is -1.92. The van der Waals surface area contributed by atoms with Crippen LogP contribution in [0.1, 0.15) is 239 Å². The van der Waals surface area contributed by atoms with Gasteiger partial charge in [0.2, 0.25) is 5.91 Å². The second-order valence-electron chi connectivity index (χ2n) is 16.1. The normalized spacial score (nSPS) is 13.0. The quantitative estimate of drug-likeness (QED) is 0.0326. The van der Waals surface area contributed by atoms with E-state index in [0.717, 1.165) is 70.6 Å². The summed E-state index contributed by atoms with van der Waals surface area (Å²) in [7, 11) is 0. The average Bonchev–Trinajstić information content (AvgIpc) is 3.18. The minimum atomic E-state index is -0.875. The van der Waals surface area contributed by atoms with E-state index in [-0.39, 0.29) is 18.5 Å². The van der Waals surface area contributed by atoms with E-state index < -0.39 is 12.1 Å². The molecule has 2 atom stereocenters. The molecule has 0 heterocycles. The summed E-state index contributed by atoms with van der Waals surface area (Å²) in [5.41, 5.74) is 0. The number of unbranched alkanes of at least 4 members (excludes halogenated alkanes) is 28. The first-order valence-electron chi connectivity index (χ1n) is 23.8. The summed E-state index contributed by atoms with van der Waals surface area (Å²) >= 11 is 0. The Morgan fingerprint density at radius 3 is 1.38 bits per heavy atom. The number of nitrogens with one attached hydrogen (secondary N) is 1. The van der Waals surface area contributed by atoms with Gasteiger partial charge in [0.15, 0.2) is 0 Å². The molecule has 55 heavy (non-hydrogen) atoms. The van der Waals surface area contributed by atoms with Gasteiger partial charge in [-0.3, -0.25) is 9.59 Å². The lowest BCUT2D eigenvalue weighted by Crippen LogP contribution is -2.45. The van der Waals surface area contributed by atoms with E-state index in [4.69, 9.17) is 4.74 Å². The third-order valence-electron chi connectivity index (χ3n) is 10.6. The topological polar surface area (TPSA) is 95.9 Å². The Morgan fingerprint density at radius 2 is 0.891 bits per heavy atom. The molecule has 0 aromatic rings. The number of hydrogen-bond donors (Lipinski definition) is 3. The first-order chi connectivity index (χ1) is 27.0. The third kappa shape index (κ3) is 41.5. The molecule has 0 aromatic heterocycles. The Labute approximate surface area is 341 Å². The molecule has 1 amide bonds. The first kappa shape index (κ1) is 53.1. The Bertz CT molecular complexity index is 900. The Kier molecular flexibility index (Phi) is 43.2. The van der Waals surface area contributed by atoms with Crippen molar-refractivity contribution in [3.8, 4) is 0 Å². The van der Waals surface area contributed by atoms with Crippen molar-refractivity contribution in [3.63, 3.8) is 0 Å². The predicted molar refractivity (Wildman–Crippen MR) is 236 cm³/mol. The summed E-state index contributed by atoms with van der Waals surface area (Å²) in [5, 5.41) is 23.0. The molecule has 0 fully saturated rings. The van der Waals surface area contributed by atoms with Crippen molar-refractivity contribution in [2.45, 2.75) is 251 Å². The van der Waals surface area contributed by atoms with Crippen LogP contribution in [0, 0.1) is 0 Å². The standard InChI is InChI=1S/C49H91NO5/c1-3-5-7-9-11-13-15-16-17-18-19-20-21-23-25-29-33-37-41-47(52)46(45-51)50-48(53)42-38-34-30-26-24-28-32-36-40-44-55-49(54)43-39-35-31-27-22-14-12-10-8-6-4-2/h10,12,26,30,37,41,46-47,51-52H,3-9,11,13-25,27-29,31-36,38-40,42-45H2,1-2H3,(H,50,53)/b12-10-,30-26-,41-37+. The smallest absolute Gasteiger partial charge is 0.305 e. The largest absolute Gasteiger partial charge is 0.466 e. The minimum absolute atomic E-state index is 0.0498. The van der Waals surface area contributed by atoms with Crippen LogP contribution in [0.4, 0.5) is 0 Å². The summed E-state index contributed by atoms with van der Waals surface area (Å²) in [5.74, 6) is -0.179. The minimum Gasteiger partial charge on any atom is -0.466 e. The van der Waals surface area contributed by atoms with E-state index in [0.29, 0.717) is 19.4 Å². The molecule has 0 aliphatic carbocycles. The molecule has 0 aliphatic rings. The monoisotopic (exact) mass is 774 g/mol. The highest BCUT2D eigenvalue weighted by molar-refractivity contribution is 5.76. The van der Waals surface area contributed by atoms with Gasteiger partial charge in [0.05, 0.1) is 25.4 Å². The number of esters is 1. The van der Waals surface area contributed by atoms with Crippen molar-refractivity contribution < 1.29 is 24.5 Å². The summed E-state index contributed by atoms with van der Waals surface area (Å²) in [6, 6.07) is -0.666. The van der Waals surface area contributed by atoms with Crippen LogP contribution < -0.4 is 5.32 Å². The molecule has 0 aromatic carbocycles. The molecule has 6 heteroatoms. The zero-order valence-corrected chi connectivity index (χ0v) is 36.4. The summed E-state index contributed by atoms with van der Waals surface area (Å²) < 4.78 is 5.40. The van der Waals surface area contributed by atoms with Crippen molar-refractivity contribution in [1.29, 1.82) is 0 Å². The molecule has 2 unspecified atom stereocenters. The van der Waals surface area contributed by atoms with E-state index in [1.807, 2.05) is 6.08 Å². The number of rotatable bonds is 43. The SMILES string of the molecule is CCCC/C=C\CCCCCCCC(=O)OCCCCCC/C=C\CCCC(=O)NC(CO)C(O)/C=C/CCCCCCCCCCCCCCCCCC. The average molecular weight is 774 g/mol. The summed E-state index contributed by atoms with van der Waals surface area (Å²) in [6.07, 6.45) is 52.8. The second-order valence-corrected chi connectivity index (χ2v) is 16.1. The van der Waals surface area contributed by atoms with Gasteiger partial charge in [-0.25, -0.2) is 0 Å². The van der Waals surface area contributed by atoms with Gasteiger partial charge in [0, 0.05) is 12.8 Å². The van der Waals surface area contributed by atoms with E-state index in [1.165, 1.54) is 141 Å². The highest BCUT2D eigenvalue weighted by Crippen LogP contribution is 2.15. The number of amides is 1. The van der Waals surface area contributed by atoms with Crippen molar-refractivity contribution >= 4 is 11.9 Å². The van der Waals surface area contributed by atoms with Crippen LogP contribution in [0.2, 0.25) is 0 Å². The molecule has 0 rings (SSSR count). The number of ether oxygens (including phenoxy) is 1. The number of aliphatic hydroxyl groups is 2. The molecule has 0 aliphatic heterocycles. The van der Waals surface area contributed by atoms with Crippen LogP contribution in [-0.2, 0) is 14.3 Å². The summed E-state index contributed by atoms with van der Waals surface area (Å²) in [6.45, 7) is 4.76. The molecule has 3 N–H and O–H groups in total. The van der Waals surface area contributed by atoms with Crippen LogP contribution in [0.15, 0.2) is 36.5 Å². The lowest BCUT2D eigenvalue weighted by molar-refractivity contribution is -0.143. The Balaban J connectivity index is 3.62. The maximum Gasteiger partial charge on any atom is 0.305 e. The number of carbonyl (C=O) groups excluding carboxylic acids is 2. The van der Waals surface area contributed by atoms with Crippen LogP contribution in [0.3, 0.4) is 0 Å². The van der Waals surface area contributed by atoms with E-state index in [2.05, 4.69) is 43.5 Å². The van der Waals surface area contributed by atoms with Gasteiger partial charge in [0.1, 0.15) is 0 Å². The molecule has 0 bridgehead atoms. The van der Waals surface area contributed by atoms with Crippen LogP contribution in [0.25, 0.3) is 0 Å². The van der Waals surface area contributed by atoms with Gasteiger partial charge in [-0.05, 0) is 70.6 Å². The molecular formula is C49H91NO5. The van der Waals surface area contributed by atoms with Gasteiger partial charge in [-0.15, -0.1) is 0 Å². The number of allylic oxidation sites excluding steroid dienone is 5. The van der Waals surface area contributed by atoms with Gasteiger partial charge in [0.25, 0.3) is 0 Å². The lowest BCUT2D eigenvalue weighted by Gasteiger charge is -2.19. The molecule has 0 saturated heterocycles. The first-order valence-corrected chi connectivity index (χ1v) is 23.8. The molecule has 0 spiro atoms. The van der Waals surface area contributed by atoms with Gasteiger partial charge >= 0.3 is 5.97 Å². The zero-order valence-electron chi connectivity index (χ0n) is 36.4.